The largest absolute Gasteiger partial charge is 0.367 e. The van der Waals surface area contributed by atoms with E-state index in [0.29, 0.717) is 19.5 Å². The summed E-state index contributed by atoms with van der Waals surface area (Å²) in [4.78, 5) is 36.9. The van der Waals surface area contributed by atoms with E-state index in [4.69, 9.17) is 4.74 Å². The molecule has 0 aromatic heterocycles. The molecule has 3 atom stereocenters. The van der Waals surface area contributed by atoms with Gasteiger partial charge in [0, 0.05) is 13.0 Å². The minimum Gasteiger partial charge on any atom is -0.367 e. The number of nitrogens with one attached hydrogen (secondary N) is 2. The van der Waals surface area contributed by atoms with Gasteiger partial charge in [0.15, 0.2) is 0 Å². The van der Waals surface area contributed by atoms with Crippen molar-refractivity contribution < 1.29 is 19.1 Å². The molecule has 1 aromatic rings. The van der Waals surface area contributed by atoms with Crippen molar-refractivity contribution in [2.24, 2.45) is 0 Å². The van der Waals surface area contributed by atoms with Crippen molar-refractivity contribution in [1.82, 2.24) is 15.5 Å². The first-order chi connectivity index (χ1) is 11.5. The molecule has 0 radical (unpaired) electrons. The second-order valence-electron chi connectivity index (χ2n) is 6.20. The van der Waals surface area contributed by atoms with Gasteiger partial charge in [0.1, 0.15) is 12.1 Å². The highest BCUT2D eigenvalue weighted by Gasteiger charge is 2.32. The molecule has 2 aliphatic heterocycles. The maximum Gasteiger partial charge on any atom is 0.322 e. The number of benzene rings is 1. The number of morpholine rings is 1. The van der Waals surface area contributed by atoms with Crippen LogP contribution in [0.1, 0.15) is 31.4 Å². The number of carbonyl (C=O) groups is 3. The molecule has 2 heterocycles. The van der Waals surface area contributed by atoms with E-state index in [0.717, 1.165) is 5.56 Å². The lowest BCUT2D eigenvalue weighted by Crippen LogP contribution is -2.46. The number of imide groups is 1. The van der Waals surface area contributed by atoms with Crippen molar-refractivity contribution >= 4 is 17.8 Å². The Morgan fingerprint density at radius 1 is 1.25 bits per heavy atom. The van der Waals surface area contributed by atoms with Crippen molar-refractivity contribution in [2.75, 3.05) is 13.1 Å². The van der Waals surface area contributed by atoms with Crippen molar-refractivity contribution in [3.05, 3.63) is 35.9 Å². The van der Waals surface area contributed by atoms with Crippen molar-refractivity contribution in [2.45, 2.75) is 38.0 Å². The molecule has 2 N–H and O–H groups in total. The van der Waals surface area contributed by atoms with E-state index in [9.17, 15) is 14.4 Å². The third-order valence-electron chi connectivity index (χ3n) is 4.29. The number of carbonyl (C=O) groups excluding carboxylic acids is 3. The van der Waals surface area contributed by atoms with Crippen LogP contribution >= 0.6 is 0 Å². The molecule has 0 aliphatic carbocycles. The third kappa shape index (κ3) is 3.73. The molecular formula is C17H21N3O4. The van der Waals surface area contributed by atoms with Crippen LogP contribution in [0, 0.1) is 0 Å². The predicted molar refractivity (Wildman–Crippen MR) is 86.0 cm³/mol. The zero-order valence-electron chi connectivity index (χ0n) is 13.5. The molecular weight excluding hydrogens is 310 g/mol. The number of nitrogens with zero attached hydrogens (tertiary/aromatic N) is 1. The van der Waals surface area contributed by atoms with Crippen LogP contribution in [-0.2, 0) is 14.3 Å². The van der Waals surface area contributed by atoms with Crippen molar-refractivity contribution in [1.29, 1.82) is 0 Å². The molecule has 2 aliphatic rings. The lowest BCUT2D eigenvalue weighted by atomic mass is 10.1. The lowest BCUT2D eigenvalue weighted by Gasteiger charge is -2.37. The van der Waals surface area contributed by atoms with Crippen LogP contribution in [0.15, 0.2) is 30.3 Å². The van der Waals surface area contributed by atoms with Crippen LogP contribution < -0.4 is 10.6 Å². The molecule has 128 valence electrons. The molecule has 0 spiro atoms. The normalized spacial score (nSPS) is 26.9. The second-order valence-corrected chi connectivity index (χ2v) is 6.20. The highest BCUT2D eigenvalue weighted by atomic mass is 16.5. The van der Waals surface area contributed by atoms with Crippen molar-refractivity contribution in [3.8, 4) is 0 Å². The fourth-order valence-electron chi connectivity index (χ4n) is 3.09. The molecule has 1 aromatic carbocycles. The summed E-state index contributed by atoms with van der Waals surface area (Å²) in [5.41, 5.74) is 1.05. The molecule has 0 bridgehead atoms. The van der Waals surface area contributed by atoms with Gasteiger partial charge in [0.25, 0.3) is 5.91 Å². The van der Waals surface area contributed by atoms with Gasteiger partial charge in [-0.3, -0.25) is 14.9 Å². The summed E-state index contributed by atoms with van der Waals surface area (Å²) in [6.45, 7) is 2.97. The number of rotatable bonds is 4. The highest BCUT2D eigenvalue weighted by molar-refractivity contribution is 6.04. The van der Waals surface area contributed by atoms with Gasteiger partial charge in [-0.25, -0.2) is 4.79 Å². The minimum atomic E-state index is -0.621. The Morgan fingerprint density at radius 3 is 2.67 bits per heavy atom. The van der Waals surface area contributed by atoms with E-state index in [2.05, 4.69) is 10.6 Å². The van der Waals surface area contributed by atoms with E-state index in [1.807, 2.05) is 37.3 Å². The molecule has 0 unspecified atom stereocenters. The number of hydrogen-bond donors (Lipinski definition) is 2. The lowest BCUT2D eigenvalue weighted by molar-refractivity contribution is -0.145. The Balaban J connectivity index is 1.58. The van der Waals surface area contributed by atoms with Crippen LogP contribution in [0.2, 0.25) is 0 Å². The standard InChI is InChI=1S/C17H21N3O4/c1-11-9-20(10-14(24-11)12-5-3-2-4-6-12)15(21)8-7-13-16(22)19-17(23)18-13/h2-6,11,13-14H,7-10H2,1H3,(H2,18,19,22,23)/t11-,13-,14+/m1/s1. The van der Waals surface area contributed by atoms with Crippen molar-refractivity contribution in [3.63, 3.8) is 0 Å². The maximum atomic E-state index is 12.5. The van der Waals surface area contributed by atoms with Gasteiger partial charge in [-0.1, -0.05) is 30.3 Å². The quantitative estimate of drug-likeness (QED) is 0.805. The zero-order chi connectivity index (χ0) is 17.1. The summed E-state index contributed by atoms with van der Waals surface area (Å²) < 4.78 is 5.95. The SMILES string of the molecule is C[C@@H]1CN(C(=O)CC[C@H]2NC(=O)NC2=O)C[C@@H](c2ccccc2)O1. The van der Waals surface area contributed by atoms with Gasteiger partial charge < -0.3 is 15.0 Å². The maximum absolute atomic E-state index is 12.5. The molecule has 24 heavy (non-hydrogen) atoms. The van der Waals surface area contributed by atoms with Gasteiger partial charge in [-0.15, -0.1) is 0 Å². The van der Waals surface area contributed by atoms with Gasteiger partial charge in [-0.2, -0.15) is 0 Å². The number of hydrogen-bond acceptors (Lipinski definition) is 4. The zero-order valence-corrected chi connectivity index (χ0v) is 13.5. The summed E-state index contributed by atoms with van der Waals surface area (Å²) in [6.07, 6.45) is 0.320. The number of ether oxygens (including phenoxy) is 1. The molecule has 7 nitrogen and oxygen atoms in total. The summed E-state index contributed by atoms with van der Waals surface area (Å²) in [6, 6.07) is 8.70. The first-order valence-corrected chi connectivity index (χ1v) is 8.12. The Morgan fingerprint density at radius 2 is 2.00 bits per heavy atom. The number of amides is 4. The monoisotopic (exact) mass is 331 g/mol. The molecule has 7 heteroatoms. The van der Waals surface area contributed by atoms with E-state index < -0.39 is 12.1 Å². The second kappa shape index (κ2) is 7.00. The van der Waals surface area contributed by atoms with Crippen LogP contribution in [0.4, 0.5) is 4.79 Å². The number of urea groups is 1. The highest BCUT2D eigenvalue weighted by Crippen LogP contribution is 2.25. The third-order valence-corrected chi connectivity index (χ3v) is 4.29. The summed E-state index contributed by atoms with van der Waals surface area (Å²) in [7, 11) is 0. The van der Waals surface area contributed by atoms with E-state index in [1.54, 1.807) is 4.90 Å². The molecule has 0 saturated carbocycles. The Bertz CT molecular complexity index is 634. The fourth-order valence-corrected chi connectivity index (χ4v) is 3.09. The first-order valence-electron chi connectivity index (χ1n) is 8.12. The Labute approximate surface area is 140 Å². The Hall–Kier alpha value is -2.41. The van der Waals surface area contributed by atoms with E-state index >= 15 is 0 Å². The van der Waals surface area contributed by atoms with E-state index in [-0.39, 0.29) is 30.4 Å². The van der Waals surface area contributed by atoms with E-state index in [1.165, 1.54) is 0 Å². The average molecular weight is 331 g/mol. The predicted octanol–water partition coefficient (Wildman–Crippen LogP) is 0.963. The summed E-state index contributed by atoms with van der Waals surface area (Å²) in [5.74, 6) is -0.398. The van der Waals surface area contributed by atoms with Gasteiger partial charge >= 0.3 is 6.03 Å². The summed E-state index contributed by atoms with van der Waals surface area (Å²) >= 11 is 0. The molecule has 2 saturated heterocycles. The smallest absolute Gasteiger partial charge is 0.322 e. The van der Waals surface area contributed by atoms with Gasteiger partial charge in [0.2, 0.25) is 5.91 Å². The van der Waals surface area contributed by atoms with Crippen LogP contribution in [0.3, 0.4) is 0 Å². The van der Waals surface area contributed by atoms with Gasteiger partial charge in [0.05, 0.1) is 12.6 Å². The first kappa shape index (κ1) is 16.4. The average Bonchev–Trinajstić information content (AvgIpc) is 2.90. The van der Waals surface area contributed by atoms with Crippen LogP contribution in [-0.4, -0.2) is 48.0 Å². The molecule has 2 fully saturated rings. The fraction of sp³-hybridized carbons (Fsp3) is 0.471. The minimum absolute atomic E-state index is 0.0277. The Kier molecular flexibility index (Phi) is 4.80. The molecule has 3 rings (SSSR count). The van der Waals surface area contributed by atoms with Gasteiger partial charge in [-0.05, 0) is 18.9 Å². The summed E-state index contributed by atoms with van der Waals surface area (Å²) in [5, 5.41) is 4.68. The topological polar surface area (TPSA) is 87.7 Å². The van der Waals surface area contributed by atoms with Crippen LogP contribution in [0.5, 0.6) is 0 Å². The van der Waals surface area contributed by atoms with Crippen LogP contribution in [0.25, 0.3) is 0 Å². The molecule has 4 amide bonds.